The zero-order valence-electron chi connectivity index (χ0n) is 12.3. The number of rotatable bonds is 3. The molecule has 128 valence electrons. The van der Waals surface area contributed by atoms with Crippen LogP contribution in [0.25, 0.3) is 11.3 Å². The second kappa shape index (κ2) is 7.81. The summed E-state index contributed by atoms with van der Waals surface area (Å²) in [7, 11) is 0. The van der Waals surface area contributed by atoms with E-state index in [1.165, 1.54) is 11.3 Å². The van der Waals surface area contributed by atoms with Gasteiger partial charge in [-0.15, -0.1) is 11.3 Å². The monoisotopic (exact) mass is 431 g/mol. The minimum Gasteiger partial charge on any atom is -0.308 e. The van der Waals surface area contributed by atoms with Crippen LogP contribution in [0.3, 0.4) is 0 Å². The minimum atomic E-state index is -0.448. The van der Waals surface area contributed by atoms with Gasteiger partial charge >= 0.3 is 6.03 Å². The third-order valence-electron chi connectivity index (χ3n) is 3.11. The van der Waals surface area contributed by atoms with Gasteiger partial charge in [0.1, 0.15) is 0 Å². The number of aromatic nitrogens is 1. The summed E-state index contributed by atoms with van der Waals surface area (Å²) in [4.78, 5) is 16.4. The number of urea groups is 1. The van der Waals surface area contributed by atoms with E-state index in [-0.39, 0.29) is 0 Å². The number of halogens is 4. The molecule has 9 heteroatoms. The highest BCUT2D eigenvalue weighted by molar-refractivity contribution is 7.14. The number of anilines is 2. The number of hydrogen-bond donors (Lipinski definition) is 2. The number of nitrogens with one attached hydrogen (secondary N) is 2. The van der Waals surface area contributed by atoms with Gasteiger partial charge in [-0.3, -0.25) is 5.32 Å². The van der Waals surface area contributed by atoms with E-state index in [1.54, 1.807) is 41.8 Å². The molecule has 0 saturated carbocycles. The van der Waals surface area contributed by atoms with Crippen LogP contribution in [0.4, 0.5) is 15.6 Å². The highest BCUT2D eigenvalue weighted by Crippen LogP contribution is 2.32. The van der Waals surface area contributed by atoms with Crippen LogP contribution < -0.4 is 10.6 Å². The lowest BCUT2D eigenvalue weighted by Crippen LogP contribution is -2.19. The van der Waals surface area contributed by atoms with E-state index in [1.807, 2.05) is 0 Å². The standard InChI is InChI=1S/C16H9Cl4N3OS/c17-8-1-3-11(18)10(5-8)14-7-25-16(22-14)23-15(24)21-9-2-4-12(19)13(20)6-9/h1-7H,(H2,21,22,23,24). The molecule has 2 N–H and O–H groups in total. The molecule has 1 heterocycles. The Morgan fingerprint density at radius 1 is 0.920 bits per heavy atom. The second-order valence-electron chi connectivity index (χ2n) is 4.87. The third-order valence-corrected chi connectivity index (χ3v) is 5.17. The molecule has 0 unspecified atom stereocenters. The van der Waals surface area contributed by atoms with Gasteiger partial charge in [0.25, 0.3) is 0 Å². The molecular weight excluding hydrogens is 424 g/mol. The summed E-state index contributed by atoms with van der Waals surface area (Å²) < 4.78 is 0. The minimum absolute atomic E-state index is 0.353. The fourth-order valence-corrected chi connectivity index (χ4v) is 3.37. The van der Waals surface area contributed by atoms with Crippen LogP contribution >= 0.6 is 57.7 Å². The number of nitrogens with zero attached hydrogens (tertiary/aromatic N) is 1. The molecule has 3 aromatic rings. The van der Waals surface area contributed by atoms with Crippen LogP contribution in [0.15, 0.2) is 41.8 Å². The fraction of sp³-hybridized carbons (Fsp3) is 0. The smallest absolute Gasteiger partial charge is 0.308 e. The molecular formula is C16H9Cl4N3OS. The molecule has 0 saturated heterocycles. The summed E-state index contributed by atoms with van der Waals surface area (Å²) in [5.41, 5.74) is 1.84. The van der Waals surface area contributed by atoms with Crippen molar-refractivity contribution in [3.05, 3.63) is 61.9 Å². The Morgan fingerprint density at radius 3 is 2.44 bits per heavy atom. The predicted octanol–water partition coefficient (Wildman–Crippen LogP) is 7.07. The molecule has 0 aliphatic rings. The van der Waals surface area contributed by atoms with E-state index < -0.39 is 6.03 Å². The van der Waals surface area contributed by atoms with E-state index >= 15 is 0 Å². The molecule has 0 aliphatic heterocycles. The molecule has 0 bridgehead atoms. The SMILES string of the molecule is O=C(Nc1ccc(Cl)c(Cl)c1)Nc1nc(-c2cc(Cl)ccc2Cl)cs1. The molecule has 25 heavy (non-hydrogen) atoms. The Labute approximate surface area is 167 Å². The lowest BCUT2D eigenvalue weighted by atomic mass is 10.2. The lowest BCUT2D eigenvalue weighted by Gasteiger charge is -2.06. The summed E-state index contributed by atoms with van der Waals surface area (Å²) >= 11 is 25.2. The second-order valence-corrected chi connectivity index (χ2v) is 7.39. The average Bonchev–Trinajstić information content (AvgIpc) is 3.01. The number of thiazole rings is 1. The molecule has 0 spiro atoms. The molecule has 3 rings (SSSR count). The van der Waals surface area contributed by atoms with Crippen molar-refractivity contribution >= 4 is 74.6 Å². The van der Waals surface area contributed by atoms with Crippen LogP contribution in [0.5, 0.6) is 0 Å². The van der Waals surface area contributed by atoms with Crippen molar-refractivity contribution in [3.63, 3.8) is 0 Å². The first kappa shape index (κ1) is 18.3. The largest absolute Gasteiger partial charge is 0.325 e. The molecule has 2 aromatic carbocycles. The van der Waals surface area contributed by atoms with Gasteiger partial charge in [-0.05, 0) is 36.4 Å². The maximum atomic E-state index is 12.1. The van der Waals surface area contributed by atoms with E-state index in [0.717, 1.165) is 0 Å². The quantitative estimate of drug-likeness (QED) is 0.464. The Bertz CT molecular complexity index is 945. The van der Waals surface area contributed by atoms with Crippen molar-refractivity contribution in [2.75, 3.05) is 10.6 Å². The molecule has 0 aliphatic carbocycles. The van der Waals surface area contributed by atoms with Gasteiger partial charge in [-0.2, -0.15) is 0 Å². The highest BCUT2D eigenvalue weighted by atomic mass is 35.5. The Hall–Kier alpha value is -1.50. The number of carbonyl (C=O) groups is 1. The molecule has 2 amide bonds. The third kappa shape index (κ3) is 4.57. The van der Waals surface area contributed by atoms with Gasteiger partial charge in [0, 0.05) is 21.7 Å². The van der Waals surface area contributed by atoms with Gasteiger partial charge in [-0.1, -0.05) is 46.4 Å². The predicted molar refractivity (Wildman–Crippen MR) is 107 cm³/mol. The molecule has 0 fully saturated rings. The first-order valence-electron chi connectivity index (χ1n) is 6.86. The number of carbonyl (C=O) groups excluding carboxylic acids is 1. The van der Waals surface area contributed by atoms with Crippen molar-refractivity contribution in [1.29, 1.82) is 0 Å². The lowest BCUT2D eigenvalue weighted by molar-refractivity contribution is 0.262. The average molecular weight is 433 g/mol. The van der Waals surface area contributed by atoms with Gasteiger partial charge in [0.2, 0.25) is 0 Å². The number of benzene rings is 2. The Morgan fingerprint density at radius 2 is 1.68 bits per heavy atom. The summed E-state index contributed by atoms with van der Waals surface area (Å²) in [5, 5.41) is 9.36. The number of amides is 2. The summed E-state index contributed by atoms with van der Waals surface area (Å²) in [5.74, 6) is 0. The van der Waals surface area contributed by atoms with Crippen LogP contribution in [-0.4, -0.2) is 11.0 Å². The van der Waals surface area contributed by atoms with E-state index in [0.29, 0.717) is 42.2 Å². The summed E-state index contributed by atoms with van der Waals surface area (Å²) in [6.45, 7) is 0. The van der Waals surface area contributed by atoms with Crippen molar-refractivity contribution in [2.45, 2.75) is 0 Å². The van der Waals surface area contributed by atoms with Gasteiger partial charge in [-0.25, -0.2) is 9.78 Å². The Balaban J connectivity index is 1.71. The van der Waals surface area contributed by atoms with Gasteiger partial charge in [0.15, 0.2) is 5.13 Å². The Kier molecular flexibility index (Phi) is 5.71. The van der Waals surface area contributed by atoms with Crippen molar-refractivity contribution < 1.29 is 4.79 Å². The number of hydrogen-bond acceptors (Lipinski definition) is 3. The van der Waals surface area contributed by atoms with Crippen LogP contribution in [0.2, 0.25) is 20.1 Å². The summed E-state index contributed by atoms with van der Waals surface area (Å²) in [6.07, 6.45) is 0. The molecule has 0 atom stereocenters. The van der Waals surface area contributed by atoms with Crippen LogP contribution in [-0.2, 0) is 0 Å². The first-order valence-corrected chi connectivity index (χ1v) is 9.25. The molecule has 1 aromatic heterocycles. The molecule has 0 radical (unpaired) electrons. The van der Waals surface area contributed by atoms with E-state index in [9.17, 15) is 4.79 Å². The normalized spacial score (nSPS) is 10.6. The van der Waals surface area contributed by atoms with E-state index in [2.05, 4.69) is 15.6 Å². The van der Waals surface area contributed by atoms with E-state index in [4.69, 9.17) is 46.4 Å². The topological polar surface area (TPSA) is 54.0 Å². The van der Waals surface area contributed by atoms with Crippen molar-refractivity contribution in [2.24, 2.45) is 0 Å². The first-order chi connectivity index (χ1) is 11.9. The zero-order chi connectivity index (χ0) is 18.0. The van der Waals surface area contributed by atoms with Crippen LogP contribution in [0, 0.1) is 0 Å². The van der Waals surface area contributed by atoms with Gasteiger partial charge < -0.3 is 5.32 Å². The van der Waals surface area contributed by atoms with Crippen LogP contribution in [0.1, 0.15) is 0 Å². The van der Waals surface area contributed by atoms with Crippen molar-refractivity contribution in [1.82, 2.24) is 4.98 Å². The fourth-order valence-electron chi connectivity index (χ4n) is 1.98. The summed E-state index contributed by atoms with van der Waals surface area (Å²) in [6, 6.07) is 9.47. The molecule has 4 nitrogen and oxygen atoms in total. The van der Waals surface area contributed by atoms with Crippen molar-refractivity contribution in [3.8, 4) is 11.3 Å². The highest BCUT2D eigenvalue weighted by Gasteiger charge is 2.11. The maximum absolute atomic E-state index is 12.1. The van der Waals surface area contributed by atoms with Gasteiger partial charge in [0.05, 0.1) is 20.8 Å². The maximum Gasteiger partial charge on any atom is 0.325 e. The zero-order valence-corrected chi connectivity index (χ0v) is 16.2.